The van der Waals surface area contributed by atoms with Crippen LogP contribution < -0.4 is 5.32 Å². The first-order valence-electron chi connectivity index (χ1n) is 11.4. The average molecular weight is 378 g/mol. The molecular formula is C24H43NO2. The molecule has 0 aromatic heterocycles. The lowest BCUT2D eigenvalue weighted by molar-refractivity contribution is -0.120. The molecule has 0 radical (unpaired) electrons. The van der Waals surface area contributed by atoms with Gasteiger partial charge in [0.05, 0.1) is 12.2 Å². The molecule has 3 nitrogen and oxygen atoms in total. The quantitative estimate of drug-likeness (QED) is 0.471. The Labute approximate surface area is 167 Å². The van der Waals surface area contributed by atoms with E-state index >= 15 is 0 Å². The molecule has 0 saturated heterocycles. The van der Waals surface area contributed by atoms with E-state index in [1.165, 1.54) is 12.0 Å². The zero-order chi connectivity index (χ0) is 19.8. The first-order valence-corrected chi connectivity index (χ1v) is 11.4. The molecule has 3 fully saturated rings. The third kappa shape index (κ3) is 4.02. The highest BCUT2D eigenvalue weighted by Crippen LogP contribution is 2.61. The largest absolute Gasteiger partial charge is 0.393 e. The number of nitrogens with one attached hydrogen (secondary N) is 1. The van der Waals surface area contributed by atoms with E-state index in [-0.39, 0.29) is 23.0 Å². The molecule has 0 aromatic rings. The highest BCUT2D eigenvalue weighted by Gasteiger charge is 2.56. The van der Waals surface area contributed by atoms with Gasteiger partial charge in [-0.2, -0.15) is 0 Å². The van der Waals surface area contributed by atoms with E-state index in [2.05, 4.69) is 39.6 Å². The number of aliphatic hydroxyl groups excluding tert-OH is 2. The molecule has 27 heavy (non-hydrogen) atoms. The van der Waals surface area contributed by atoms with Crippen molar-refractivity contribution in [3.8, 4) is 0 Å². The molecule has 3 heteroatoms. The van der Waals surface area contributed by atoms with Gasteiger partial charge in [-0.15, -0.1) is 0 Å². The first-order chi connectivity index (χ1) is 12.7. The molecule has 0 aliphatic heterocycles. The Morgan fingerprint density at radius 3 is 2.56 bits per heavy atom. The predicted molar refractivity (Wildman–Crippen MR) is 112 cm³/mol. The van der Waals surface area contributed by atoms with E-state index in [4.69, 9.17) is 0 Å². The van der Waals surface area contributed by atoms with Gasteiger partial charge in [-0.3, -0.25) is 0 Å². The van der Waals surface area contributed by atoms with Crippen molar-refractivity contribution < 1.29 is 10.2 Å². The Balaban J connectivity index is 1.72. The molecule has 3 aliphatic carbocycles. The van der Waals surface area contributed by atoms with E-state index in [1.807, 2.05) is 0 Å². The number of hydrogen-bond donors (Lipinski definition) is 3. The lowest BCUT2D eigenvalue weighted by atomic mass is 9.51. The SMILES string of the molecule is C=C1CCC2[C@H](O)C([C@]3(C)CC[C@@H](O)C[C@H]3CCNCC(C)C)CC[C@]12C. The third-order valence-electron chi connectivity index (χ3n) is 8.76. The Morgan fingerprint density at radius 2 is 1.85 bits per heavy atom. The van der Waals surface area contributed by atoms with Gasteiger partial charge < -0.3 is 15.5 Å². The van der Waals surface area contributed by atoms with Crippen LogP contribution in [-0.4, -0.2) is 35.5 Å². The van der Waals surface area contributed by atoms with Crippen molar-refractivity contribution in [1.29, 1.82) is 0 Å². The van der Waals surface area contributed by atoms with Crippen LogP contribution in [0.2, 0.25) is 0 Å². The van der Waals surface area contributed by atoms with Crippen LogP contribution in [0.3, 0.4) is 0 Å². The molecule has 3 N–H and O–H groups in total. The fraction of sp³-hybridized carbons (Fsp3) is 0.917. The second kappa shape index (κ2) is 8.16. The van der Waals surface area contributed by atoms with E-state index in [0.29, 0.717) is 23.7 Å². The van der Waals surface area contributed by atoms with Crippen molar-refractivity contribution in [2.45, 2.75) is 91.3 Å². The van der Waals surface area contributed by atoms with E-state index in [9.17, 15) is 10.2 Å². The molecule has 0 bridgehead atoms. The number of fused-ring (bicyclic) bond motifs is 1. The molecule has 0 aromatic carbocycles. The molecular weight excluding hydrogens is 334 g/mol. The van der Waals surface area contributed by atoms with Gasteiger partial charge in [0.15, 0.2) is 0 Å². The lowest BCUT2D eigenvalue weighted by Gasteiger charge is -2.55. The van der Waals surface area contributed by atoms with Gasteiger partial charge in [0.2, 0.25) is 0 Å². The smallest absolute Gasteiger partial charge is 0.0610 e. The van der Waals surface area contributed by atoms with Crippen molar-refractivity contribution in [2.24, 2.45) is 34.5 Å². The summed E-state index contributed by atoms with van der Waals surface area (Å²) >= 11 is 0. The van der Waals surface area contributed by atoms with Crippen LogP contribution in [0.4, 0.5) is 0 Å². The number of rotatable bonds is 6. The van der Waals surface area contributed by atoms with Gasteiger partial charge in [-0.1, -0.05) is 39.8 Å². The maximum atomic E-state index is 11.4. The van der Waals surface area contributed by atoms with Crippen LogP contribution in [0, 0.1) is 34.5 Å². The number of allylic oxidation sites excluding steroid dienone is 1. The number of hydrogen-bond acceptors (Lipinski definition) is 3. The summed E-state index contributed by atoms with van der Waals surface area (Å²) < 4.78 is 0. The van der Waals surface area contributed by atoms with Crippen LogP contribution in [0.25, 0.3) is 0 Å². The van der Waals surface area contributed by atoms with Crippen LogP contribution in [-0.2, 0) is 0 Å². The Kier molecular flexibility index (Phi) is 6.45. The Morgan fingerprint density at radius 1 is 1.11 bits per heavy atom. The summed E-state index contributed by atoms with van der Waals surface area (Å²) in [6.07, 6.45) is 8.05. The summed E-state index contributed by atoms with van der Waals surface area (Å²) in [7, 11) is 0. The van der Waals surface area contributed by atoms with Crippen molar-refractivity contribution in [1.82, 2.24) is 5.32 Å². The summed E-state index contributed by atoms with van der Waals surface area (Å²) in [6.45, 7) is 15.7. The normalized spacial score (nSPS) is 45.3. The van der Waals surface area contributed by atoms with Crippen LogP contribution in [0.5, 0.6) is 0 Å². The summed E-state index contributed by atoms with van der Waals surface area (Å²) in [6, 6.07) is 0. The van der Waals surface area contributed by atoms with Crippen molar-refractivity contribution >= 4 is 0 Å². The van der Waals surface area contributed by atoms with Crippen molar-refractivity contribution in [3.63, 3.8) is 0 Å². The van der Waals surface area contributed by atoms with Crippen LogP contribution >= 0.6 is 0 Å². The molecule has 0 heterocycles. The van der Waals surface area contributed by atoms with Gasteiger partial charge in [0, 0.05) is 0 Å². The van der Waals surface area contributed by atoms with Crippen LogP contribution in [0.1, 0.15) is 79.1 Å². The van der Waals surface area contributed by atoms with Gasteiger partial charge >= 0.3 is 0 Å². The van der Waals surface area contributed by atoms with Gasteiger partial charge in [-0.05, 0) is 99.0 Å². The zero-order valence-corrected chi connectivity index (χ0v) is 18.1. The van der Waals surface area contributed by atoms with Gasteiger partial charge in [-0.25, -0.2) is 0 Å². The second-order valence-corrected chi connectivity index (χ2v) is 10.8. The molecule has 7 atom stereocenters. The maximum Gasteiger partial charge on any atom is 0.0610 e. The molecule has 3 aliphatic rings. The lowest BCUT2D eigenvalue weighted by Crippen LogP contribution is -2.53. The maximum absolute atomic E-state index is 11.4. The van der Waals surface area contributed by atoms with E-state index < -0.39 is 0 Å². The van der Waals surface area contributed by atoms with Gasteiger partial charge in [0.25, 0.3) is 0 Å². The minimum absolute atomic E-state index is 0.142. The van der Waals surface area contributed by atoms with E-state index in [0.717, 1.165) is 58.0 Å². The summed E-state index contributed by atoms with van der Waals surface area (Å²) in [5.74, 6) is 1.91. The van der Waals surface area contributed by atoms with E-state index in [1.54, 1.807) is 0 Å². The molecule has 3 saturated carbocycles. The molecule has 0 spiro atoms. The minimum Gasteiger partial charge on any atom is -0.393 e. The fourth-order valence-electron chi connectivity index (χ4n) is 6.73. The third-order valence-corrected chi connectivity index (χ3v) is 8.76. The molecule has 2 unspecified atom stereocenters. The monoisotopic (exact) mass is 377 g/mol. The standard InChI is InChI=1S/C24H43NO2/c1-16(2)15-25-13-10-18-14-19(26)8-11-24(18,5)21-9-12-23(4)17(3)6-7-20(23)22(21)27/h16,18-22,25-27H,3,6-15H2,1-2,4-5H3/t18-,19-,20?,21?,22+,23-,24-/m1/s1. The Hall–Kier alpha value is -0.380. The zero-order valence-electron chi connectivity index (χ0n) is 18.1. The molecule has 156 valence electrons. The minimum atomic E-state index is -0.214. The predicted octanol–water partition coefficient (Wildman–Crippen LogP) is 4.53. The first kappa shape index (κ1) is 21.3. The summed E-state index contributed by atoms with van der Waals surface area (Å²) in [5, 5.41) is 25.4. The highest BCUT2D eigenvalue weighted by atomic mass is 16.3. The Bertz CT molecular complexity index is 532. The molecule has 3 rings (SSSR count). The number of aliphatic hydroxyl groups is 2. The summed E-state index contributed by atoms with van der Waals surface area (Å²) in [5.41, 5.74) is 1.65. The van der Waals surface area contributed by atoms with Crippen LogP contribution in [0.15, 0.2) is 12.2 Å². The highest BCUT2D eigenvalue weighted by molar-refractivity contribution is 5.21. The average Bonchev–Trinajstić information content (AvgIpc) is 2.91. The summed E-state index contributed by atoms with van der Waals surface area (Å²) in [4.78, 5) is 0. The van der Waals surface area contributed by atoms with Crippen molar-refractivity contribution in [3.05, 3.63) is 12.2 Å². The molecule has 0 amide bonds. The van der Waals surface area contributed by atoms with Crippen molar-refractivity contribution in [2.75, 3.05) is 13.1 Å². The fourth-order valence-corrected chi connectivity index (χ4v) is 6.73. The second-order valence-electron chi connectivity index (χ2n) is 10.8. The topological polar surface area (TPSA) is 52.5 Å². The van der Waals surface area contributed by atoms with Gasteiger partial charge in [0.1, 0.15) is 0 Å².